The third-order valence-corrected chi connectivity index (χ3v) is 4.09. The summed E-state index contributed by atoms with van der Waals surface area (Å²) >= 11 is 6.31. The molecule has 0 aromatic heterocycles. The van der Waals surface area contributed by atoms with Crippen LogP contribution in [0, 0.1) is 12.7 Å². The van der Waals surface area contributed by atoms with E-state index in [0.29, 0.717) is 17.3 Å². The quantitative estimate of drug-likeness (QED) is 0.587. The van der Waals surface area contributed by atoms with Gasteiger partial charge in [-0.25, -0.2) is 4.39 Å². The van der Waals surface area contributed by atoms with Gasteiger partial charge in [0.05, 0.1) is 5.02 Å². The van der Waals surface area contributed by atoms with E-state index in [4.69, 9.17) is 16.3 Å². The van der Waals surface area contributed by atoms with Crippen molar-refractivity contribution in [3.05, 3.63) is 94.3 Å². The van der Waals surface area contributed by atoms with Crippen molar-refractivity contribution in [2.75, 3.05) is 5.32 Å². The zero-order valence-corrected chi connectivity index (χ0v) is 14.7. The summed E-state index contributed by atoms with van der Waals surface area (Å²) in [5.41, 5.74) is 4.11. The van der Waals surface area contributed by atoms with Crippen LogP contribution in [0.15, 0.2) is 66.7 Å². The molecule has 3 aromatic rings. The molecule has 0 fully saturated rings. The Hall–Kier alpha value is -2.52. The van der Waals surface area contributed by atoms with Gasteiger partial charge >= 0.3 is 0 Å². The summed E-state index contributed by atoms with van der Waals surface area (Å²) in [5, 5.41) is 3.91. The fraction of sp³-hybridized carbons (Fsp3) is 0.143. The van der Waals surface area contributed by atoms with Crippen molar-refractivity contribution in [2.24, 2.45) is 0 Å². The molecule has 128 valence electrons. The summed E-state index contributed by atoms with van der Waals surface area (Å²) in [5.74, 6) is 0.315. The minimum atomic E-state index is -0.273. The minimum absolute atomic E-state index is 0.273. The molecular formula is C21H19ClFNO. The monoisotopic (exact) mass is 355 g/mol. The molecule has 0 aliphatic rings. The van der Waals surface area contributed by atoms with Crippen LogP contribution in [-0.2, 0) is 13.2 Å². The number of hydrogen-bond donors (Lipinski definition) is 1. The maximum Gasteiger partial charge on any atom is 0.138 e. The first kappa shape index (κ1) is 17.3. The Balaban J connectivity index is 1.60. The highest BCUT2D eigenvalue weighted by molar-refractivity contribution is 6.32. The minimum Gasteiger partial charge on any atom is -0.487 e. The maximum atomic E-state index is 13.2. The van der Waals surface area contributed by atoms with Crippen molar-refractivity contribution in [1.29, 1.82) is 0 Å². The Morgan fingerprint density at radius 1 is 0.960 bits per heavy atom. The molecule has 4 heteroatoms. The Kier molecular flexibility index (Phi) is 5.56. The molecule has 0 aliphatic heterocycles. The normalized spacial score (nSPS) is 10.5. The first-order chi connectivity index (χ1) is 12.1. The van der Waals surface area contributed by atoms with E-state index in [2.05, 4.69) is 24.4 Å². The van der Waals surface area contributed by atoms with E-state index >= 15 is 0 Å². The lowest BCUT2D eigenvalue weighted by atomic mass is 10.2. The van der Waals surface area contributed by atoms with E-state index in [-0.39, 0.29) is 12.4 Å². The fourth-order valence-electron chi connectivity index (χ4n) is 2.52. The van der Waals surface area contributed by atoms with Gasteiger partial charge in [-0.3, -0.25) is 0 Å². The van der Waals surface area contributed by atoms with Crippen LogP contribution in [0.4, 0.5) is 10.1 Å². The fourth-order valence-corrected chi connectivity index (χ4v) is 2.78. The summed E-state index contributed by atoms with van der Waals surface area (Å²) in [6.45, 7) is 3.01. The highest BCUT2D eigenvalue weighted by atomic mass is 35.5. The van der Waals surface area contributed by atoms with Crippen molar-refractivity contribution in [2.45, 2.75) is 20.1 Å². The molecule has 0 heterocycles. The zero-order valence-electron chi connectivity index (χ0n) is 13.9. The number of rotatable bonds is 6. The van der Waals surface area contributed by atoms with Gasteiger partial charge < -0.3 is 10.1 Å². The van der Waals surface area contributed by atoms with Gasteiger partial charge in [-0.05, 0) is 60.0 Å². The van der Waals surface area contributed by atoms with Gasteiger partial charge in [-0.2, -0.15) is 0 Å². The molecule has 0 unspecified atom stereocenters. The van der Waals surface area contributed by atoms with Gasteiger partial charge in [0.15, 0.2) is 0 Å². The number of ether oxygens (including phenoxy) is 1. The largest absolute Gasteiger partial charge is 0.487 e. The third-order valence-electron chi connectivity index (χ3n) is 3.79. The Morgan fingerprint density at radius 2 is 1.80 bits per heavy atom. The van der Waals surface area contributed by atoms with Crippen LogP contribution >= 0.6 is 11.6 Å². The SMILES string of the molecule is Cc1cccc(NCc2ccc(OCc3cccc(F)c3)c(Cl)c2)c1. The van der Waals surface area contributed by atoms with Crippen molar-refractivity contribution < 1.29 is 9.13 Å². The summed E-state index contributed by atoms with van der Waals surface area (Å²) in [6.07, 6.45) is 0. The second-order valence-corrected chi connectivity index (χ2v) is 6.31. The van der Waals surface area contributed by atoms with Gasteiger partial charge in [0.2, 0.25) is 0 Å². The number of benzene rings is 3. The molecule has 25 heavy (non-hydrogen) atoms. The molecular weight excluding hydrogens is 337 g/mol. The smallest absolute Gasteiger partial charge is 0.138 e. The Labute approximate surface area is 152 Å². The van der Waals surface area contributed by atoms with Crippen molar-refractivity contribution in [1.82, 2.24) is 0 Å². The highest BCUT2D eigenvalue weighted by Gasteiger charge is 2.05. The number of hydrogen-bond acceptors (Lipinski definition) is 2. The molecule has 0 bridgehead atoms. The van der Waals surface area contributed by atoms with Gasteiger partial charge in [0.1, 0.15) is 18.2 Å². The molecule has 0 atom stereocenters. The predicted molar refractivity (Wildman–Crippen MR) is 101 cm³/mol. The van der Waals surface area contributed by atoms with Gasteiger partial charge in [-0.15, -0.1) is 0 Å². The molecule has 0 radical (unpaired) electrons. The van der Waals surface area contributed by atoms with Gasteiger partial charge in [0, 0.05) is 12.2 Å². The lowest BCUT2D eigenvalue weighted by Crippen LogP contribution is -2.01. The van der Waals surface area contributed by atoms with E-state index in [1.807, 2.05) is 36.4 Å². The Morgan fingerprint density at radius 3 is 2.56 bits per heavy atom. The molecule has 0 aliphatic carbocycles. The predicted octanol–water partition coefficient (Wildman–Crippen LogP) is 5.98. The van der Waals surface area contributed by atoms with E-state index < -0.39 is 0 Å². The first-order valence-electron chi connectivity index (χ1n) is 8.06. The van der Waals surface area contributed by atoms with Crippen molar-refractivity contribution in [3.63, 3.8) is 0 Å². The van der Waals surface area contributed by atoms with E-state index in [1.165, 1.54) is 17.7 Å². The lowest BCUT2D eigenvalue weighted by molar-refractivity contribution is 0.305. The first-order valence-corrected chi connectivity index (χ1v) is 8.44. The molecule has 3 rings (SSSR count). The second-order valence-electron chi connectivity index (χ2n) is 5.91. The molecule has 0 saturated heterocycles. The van der Waals surface area contributed by atoms with Crippen LogP contribution in [0.5, 0.6) is 5.75 Å². The average molecular weight is 356 g/mol. The number of nitrogens with one attached hydrogen (secondary N) is 1. The van der Waals surface area contributed by atoms with Gasteiger partial charge in [-0.1, -0.05) is 41.9 Å². The molecule has 0 saturated carbocycles. The standard InChI is InChI=1S/C21H19ClFNO/c1-15-4-2-7-19(10-15)24-13-16-8-9-21(20(22)12-16)25-14-17-5-3-6-18(23)11-17/h2-12,24H,13-14H2,1H3. The Bertz CT molecular complexity index is 866. The van der Waals surface area contributed by atoms with E-state index in [0.717, 1.165) is 16.8 Å². The summed E-state index contributed by atoms with van der Waals surface area (Å²) in [7, 11) is 0. The maximum absolute atomic E-state index is 13.2. The van der Waals surface area contributed by atoms with Crippen LogP contribution in [-0.4, -0.2) is 0 Å². The van der Waals surface area contributed by atoms with E-state index in [1.54, 1.807) is 6.07 Å². The van der Waals surface area contributed by atoms with E-state index in [9.17, 15) is 4.39 Å². The van der Waals surface area contributed by atoms with Crippen molar-refractivity contribution >= 4 is 17.3 Å². The molecule has 1 N–H and O–H groups in total. The van der Waals surface area contributed by atoms with Crippen molar-refractivity contribution in [3.8, 4) is 5.75 Å². The summed E-state index contributed by atoms with van der Waals surface area (Å²) in [4.78, 5) is 0. The van der Waals surface area contributed by atoms with Crippen LogP contribution < -0.4 is 10.1 Å². The number of anilines is 1. The molecule has 3 aromatic carbocycles. The number of aryl methyl sites for hydroxylation is 1. The van der Waals surface area contributed by atoms with Crippen LogP contribution in [0.25, 0.3) is 0 Å². The average Bonchev–Trinajstić information content (AvgIpc) is 2.59. The molecule has 2 nitrogen and oxygen atoms in total. The topological polar surface area (TPSA) is 21.3 Å². The van der Waals surface area contributed by atoms with Crippen LogP contribution in [0.2, 0.25) is 5.02 Å². The highest BCUT2D eigenvalue weighted by Crippen LogP contribution is 2.27. The van der Waals surface area contributed by atoms with Crippen LogP contribution in [0.3, 0.4) is 0 Å². The van der Waals surface area contributed by atoms with Gasteiger partial charge in [0.25, 0.3) is 0 Å². The zero-order chi connectivity index (χ0) is 17.6. The summed E-state index contributed by atoms with van der Waals surface area (Å²) < 4.78 is 18.9. The lowest BCUT2D eigenvalue weighted by Gasteiger charge is -2.11. The molecule has 0 spiro atoms. The second kappa shape index (κ2) is 8.04. The summed E-state index contributed by atoms with van der Waals surface area (Å²) in [6, 6.07) is 20.2. The molecule has 0 amide bonds. The number of halogens is 2. The third kappa shape index (κ3) is 4.97. The van der Waals surface area contributed by atoms with Crippen LogP contribution in [0.1, 0.15) is 16.7 Å².